The number of sulfonamides is 2. The standard InChI is InChI=1S/C15H18N2O8S2/c1-17(2)27(21,22)12-5-3-11(4-6-12)23-9-10-24-15(18)13-7-8-14(25-13)26(16,19)20/h3-8H,9-10H2,1-2H3,(H2,16,19,20). The molecule has 12 heteroatoms. The number of benzene rings is 1. The lowest BCUT2D eigenvalue weighted by atomic mass is 10.3. The topological polar surface area (TPSA) is 146 Å². The fraction of sp³-hybridized carbons (Fsp3) is 0.267. The van der Waals surface area contributed by atoms with Crippen molar-refractivity contribution in [2.45, 2.75) is 9.99 Å². The quantitative estimate of drug-likeness (QED) is 0.479. The molecule has 1 aromatic heterocycles. The van der Waals surface area contributed by atoms with Gasteiger partial charge in [-0.15, -0.1) is 0 Å². The normalized spacial score (nSPS) is 12.1. The third-order valence-electron chi connectivity index (χ3n) is 3.25. The molecule has 0 unspecified atom stereocenters. The van der Waals surface area contributed by atoms with Gasteiger partial charge in [0, 0.05) is 14.1 Å². The Bertz CT molecular complexity index is 1010. The highest BCUT2D eigenvalue weighted by Gasteiger charge is 2.19. The van der Waals surface area contributed by atoms with E-state index in [1.54, 1.807) is 0 Å². The number of ether oxygens (including phenoxy) is 2. The Morgan fingerprint density at radius 2 is 1.67 bits per heavy atom. The van der Waals surface area contributed by atoms with Crippen molar-refractivity contribution >= 4 is 26.0 Å². The summed E-state index contributed by atoms with van der Waals surface area (Å²) >= 11 is 0. The van der Waals surface area contributed by atoms with Gasteiger partial charge in [0.2, 0.25) is 20.9 Å². The minimum Gasteiger partial charge on any atom is -0.490 e. The maximum atomic E-state index is 12.0. The second kappa shape index (κ2) is 8.08. The molecule has 0 atom stereocenters. The van der Waals surface area contributed by atoms with E-state index in [1.165, 1.54) is 38.4 Å². The molecule has 148 valence electrons. The fourth-order valence-electron chi connectivity index (χ4n) is 1.87. The summed E-state index contributed by atoms with van der Waals surface area (Å²) in [6, 6.07) is 7.92. The number of primary sulfonamides is 1. The van der Waals surface area contributed by atoms with Gasteiger partial charge in [-0.1, -0.05) is 0 Å². The van der Waals surface area contributed by atoms with Crippen molar-refractivity contribution in [1.82, 2.24) is 4.31 Å². The molecule has 2 rings (SSSR count). The van der Waals surface area contributed by atoms with Crippen LogP contribution < -0.4 is 9.88 Å². The summed E-state index contributed by atoms with van der Waals surface area (Å²) in [6.07, 6.45) is 0. The van der Waals surface area contributed by atoms with Gasteiger partial charge in [-0.3, -0.25) is 0 Å². The Hall–Kier alpha value is -2.41. The fourth-order valence-corrected chi connectivity index (χ4v) is 3.23. The third kappa shape index (κ3) is 5.29. The summed E-state index contributed by atoms with van der Waals surface area (Å²) < 4.78 is 62.2. The van der Waals surface area contributed by atoms with Gasteiger partial charge in [-0.25, -0.2) is 31.1 Å². The highest BCUT2D eigenvalue weighted by atomic mass is 32.2. The van der Waals surface area contributed by atoms with Crippen molar-refractivity contribution in [2.75, 3.05) is 27.3 Å². The number of rotatable bonds is 8. The Morgan fingerprint density at radius 3 is 2.19 bits per heavy atom. The van der Waals surface area contributed by atoms with Crippen LogP contribution in [0.2, 0.25) is 0 Å². The highest BCUT2D eigenvalue weighted by molar-refractivity contribution is 7.89. The molecule has 2 aromatic rings. The number of furan rings is 1. The van der Waals surface area contributed by atoms with Gasteiger partial charge in [0.15, 0.2) is 0 Å². The zero-order chi connectivity index (χ0) is 20.2. The van der Waals surface area contributed by atoms with Crippen LogP contribution in [-0.2, 0) is 24.8 Å². The van der Waals surface area contributed by atoms with Crippen molar-refractivity contribution in [2.24, 2.45) is 5.14 Å². The van der Waals surface area contributed by atoms with Gasteiger partial charge < -0.3 is 13.9 Å². The molecule has 0 radical (unpaired) electrons. The van der Waals surface area contributed by atoms with Gasteiger partial charge in [-0.05, 0) is 36.4 Å². The second-order valence-corrected chi connectivity index (χ2v) is 9.05. The van der Waals surface area contributed by atoms with Crippen LogP contribution in [0.3, 0.4) is 0 Å². The van der Waals surface area contributed by atoms with E-state index in [4.69, 9.17) is 19.0 Å². The van der Waals surface area contributed by atoms with E-state index in [0.717, 1.165) is 16.4 Å². The number of hydrogen-bond acceptors (Lipinski definition) is 8. The predicted octanol–water partition coefficient (Wildman–Crippen LogP) is 0.413. The summed E-state index contributed by atoms with van der Waals surface area (Å²) in [5, 5.41) is 4.33. The van der Waals surface area contributed by atoms with Crippen molar-refractivity contribution in [3.8, 4) is 5.75 Å². The van der Waals surface area contributed by atoms with Gasteiger partial charge in [0.1, 0.15) is 19.0 Å². The van der Waals surface area contributed by atoms with E-state index < -0.39 is 31.1 Å². The van der Waals surface area contributed by atoms with E-state index in [0.29, 0.717) is 5.75 Å². The molecule has 0 saturated heterocycles. The van der Waals surface area contributed by atoms with Gasteiger partial charge >= 0.3 is 5.97 Å². The van der Waals surface area contributed by atoms with Crippen molar-refractivity contribution < 1.29 is 35.5 Å². The van der Waals surface area contributed by atoms with E-state index in [9.17, 15) is 21.6 Å². The molecule has 0 aliphatic carbocycles. The van der Waals surface area contributed by atoms with Crippen LogP contribution >= 0.6 is 0 Å². The van der Waals surface area contributed by atoms with Gasteiger partial charge in [0.25, 0.3) is 10.0 Å². The summed E-state index contributed by atoms with van der Waals surface area (Å²) in [6.45, 7) is -0.143. The summed E-state index contributed by atoms with van der Waals surface area (Å²) in [7, 11) is -4.71. The lowest BCUT2D eigenvalue weighted by molar-refractivity contribution is 0.0409. The van der Waals surface area contributed by atoms with Crippen molar-refractivity contribution in [3.63, 3.8) is 0 Å². The SMILES string of the molecule is CN(C)S(=O)(=O)c1ccc(OCCOC(=O)c2ccc(S(N)(=O)=O)o2)cc1. The van der Waals surface area contributed by atoms with Crippen molar-refractivity contribution in [3.05, 3.63) is 42.2 Å². The lowest BCUT2D eigenvalue weighted by Crippen LogP contribution is -2.22. The maximum Gasteiger partial charge on any atom is 0.374 e. The smallest absolute Gasteiger partial charge is 0.374 e. The minimum atomic E-state index is -4.04. The highest BCUT2D eigenvalue weighted by Crippen LogP contribution is 2.18. The Morgan fingerprint density at radius 1 is 1.04 bits per heavy atom. The Balaban J connectivity index is 1.85. The first-order valence-corrected chi connectivity index (χ1v) is 10.5. The molecule has 1 heterocycles. The van der Waals surface area contributed by atoms with Crippen molar-refractivity contribution in [1.29, 1.82) is 0 Å². The minimum absolute atomic E-state index is 0.00568. The molecule has 0 fully saturated rings. The number of nitrogens with zero attached hydrogens (tertiary/aromatic N) is 1. The van der Waals surface area contributed by atoms with Crippen LogP contribution in [0.25, 0.3) is 0 Å². The van der Waals surface area contributed by atoms with E-state index >= 15 is 0 Å². The number of nitrogens with two attached hydrogens (primary N) is 1. The molecule has 0 aliphatic heterocycles. The maximum absolute atomic E-state index is 12.0. The monoisotopic (exact) mass is 418 g/mol. The molecule has 0 amide bonds. The van der Waals surface area contributed by atoms with E-state index in [-0.39, 0.29) is 23.9 Å². The molecule has 0 saturated carbocycles. The number of esters is 1. The largest absolute Gasteiger partial charge is 0.490 e. The molecule has 0 spiro atoms. The molecule has 0 bridgehead atoms. The molecule has 10 nitrogen and oxygen atoms in total. The van der Waals surface area contributed by atoms with Crippen LogP contribution in [0.5, 0.6) is 5.75 Å². The summed E-state index contributed by atoms with van der Waals surface area (Å²) in [5.41, 5.74) is 0. The van der Waals surface area contributed by atoms with Gasteiger partial charge in [0.05, 0.1) is 4.90 Å². The number of hydrogen-bond donors (Lipinski definition) is 1. The van der Waals surface area contributed by atoms with Crippen LogP contribution in [0.1, 0.15) is 10.6 Å². The first-order valence-electron chi connectivity index (χ1n) is 7.47. The van der Waals surface area contributed by atoms with Crippen LogP contribution in [0, 0.1) is 0 Å². The van der Waals surface area contributed by atoms with Gasteiger partial charge in [-0.2, -0.15) is 0 Å². The number of carbonyl (C=O) groups is 1. The third-order valence-corrected chi connectivity index (χ3v) is 5.86. The Kier molecular flexibility index (Phi) is 6.26. The first-order chi connectivity index (χ1) is 12.5. The predicted molar refractivity (Wildman–Crippen MR) is 93.2 cm³/mol. The molecule has 2 N–H and O–H groups in total. The average molecular weight is 418 g/mol. The van der Waals surface area contributed by atoms with Crippen LogP contribution in [0.4, 0.5) is 0 Å². The molecule has 27 heavy (non-hydrogen) atoms. The molecule has 1 aromatic carbocycles. The van der Waals surface area contributed by atoms with Crippen LogP contribution in [-0.4, -0.2) is 54.4 Å². The number of carbonyl (C=O) groups excluding carboxylic acids is 1. The molecular formula is C15H18N2O8S2. The lowest BCUT2D eigenvalue weighted by Gasteiger charge is -2.12. The summed E-state index contributed by atoms with van der Waals surface area (Å²) in [5.74, 6) is -0.795. The first kappa shape index (κ1) is 20.9. The second-order valence-electron chi connectivity index (χ2n) is 5.41. The molecular weight excluding hydrogens is 400 g/mol. The average Bonchev–Trinajstić information content (AvgIpc) is 3.09. The van der Waals surface area contributed by atoms with E-state index in [1.807, 2.05) is 0 Å². The Labute approximate surface area is 156 Å². The summed E-state index contributed by atoms with van der Waals surface area (Å²) in [4.78, 5) is 11.9. The zero-order valence-corrected chi connectivity index (χ0v) is 16.1. The zero-order valence-electron chi connectivity index (χ0n) is 14.5. The molecule has 0 aliphatic rings. The van der Waals surface area contributed by atoms with Crippen LogP contribution in [0.15, 0.2) is 50.8 Å². The van der Waals surface area contributed by atoms with E-state index in [2.05, 4.69) is 0 Å².